The van der Waals surface area contributed by atoms with Crippen LogP contribution in [0, 0.1) is 10.1 Å². The fourth-order valence-corrected chi connectivity index (χ4v) is 2.84. The van der Waals surface area contributed by atoms with E-state index in [0.717, 1.165) is 12.8 Å². The summed E-state index contributed by atoms with van der Waals surface area (Å²) in [5, 5.41) is 10.8. The molecule has 0 saturated carbocycles. The highest BCUT2D eigenvalue weighted by Crippen LogP contribution is 2.21. The monoisotopic (exact) mass is 307 g/mol. The molecule has 7 nitrogen and oxygen atoms in total. The first-order valence-corrected chi connectivity index (χ1v) is 7.30. The number of likely N-dealkylation sites (tertiary alicyclic amines) is 1. The maximum absolute atomic E-state index is 12.5. The minimum Gasteiger partial charge on any atom is -0.381 e. The van der Waals surface area contributed by atoms with Crippen LogP contribution in [0.1, 0.15) is 18.4 Å². The number of nitro benzene ring substituents is 1. The lowest BCUT2D eigenvalue weighted by atomic mass is 9.98. The van der Waals surface area contributed by atoms with Crippen molar-refractivity contribution >= 4 is 11.6 Å². The van der Waals surface area contributed by atoms with Crippen LogP contribution in [0.15, 0.2) is 24.3 Å². The van der Waals surface area contributed by atoms with E-state index in [2.05, 4.69) is 0 Å². The third-order valence-corrected chi connectivity index (χ3v) is 4.07. The highest BCUT2D eigenvalue weighted by molar-refractivity contribution is 5.79. The minimum atomic E-state index is -0.458. The first kappa shape index (κ1) is 16.4. The highest BCUT2D eigenvalue weighted by atomic mass is 16.6. The number of ether oxygens (including phenoxy) is 1. The predicted octanol–water partition coefficient (Wildman–Crippen LogP) is 1.10. The van der Waals surface area contributed by atoms with E-state index in [9.17, 15) is 14.9 Å². The number of methoxy groups -OCH3 is 1. The van der Waals surface area contributed by atoms with E-state index in [1.54, 1.807) is 24.1 Å². The SMILES string of the molecule is COC1CCN(C(=O)Cc2cccc([N+](=O)[O-])c2)C(CN)C1. The van der Waals surface area contributed by atoms with Gasteiger partial charge in [-0.2, -0.15) is 0 Å². The lowest BCUT2D eigenvalue weighted by molar-refractivity contribution is -0.384. The smallest absolute Gasteiger partial charge is 0.269 e. The Labute approximate surface area is 129 Å². The van der Waals surface area contributed by atoms with E-state index in [1.807, 2.05) is 0 Å². The summed E-state index contributed by atoms with van der Waals surface area (Å²) in [4.78, 5) is 24.6. The Hall–Kier alpha value is -1.99. The minimum absolute atomic E-state index is 0.00114. The van der Waals surface area contributed by atoms with E-state index >= 15 is 0 Å². The van der Waals surface area contributed by atoms with Crippen LogP contribution in [0.3, 0.4) is 0 Å². The Morgan fingerprint density at radius 1 is 1.55 bits per heavy atom. The predicted molar refractivity (Wildman–Crippen MR) is 81.4 cm³/mol. The van der Waals surface area contributed by atoms with Crippen LogP contribution in [0.2, 0.25) is 0 Å². The number of hydrogen-bond donors (Lipinski definition) is 1. The van der Waals surface area contributed by atoms with Crippen LogP contribution in [0.25, 0.3) is 0 Å². The van der Waals surface area contributed by atoms with Gasteiger partial charge in [0, 0.05) is 38.4 Å². The van der Waals surface area contributed by atoms with Crippen molar-refractivity contribution in [3.05, 3.63) is 39.9 Å². The van der Waals surface area contributed by atoms with E-state index in [4.69, 9.17) is 10.5 Å². The first-order valence-electron chi connectivity index (χ1n) is 7.30. The molecule has 1 aromatic rings. The van der Waals surface area contributed by atoms with E-state index in [0.29, 0.717) is 18.7 Å². The summed E-state index contributed by atoms with van der Waals surface area (Å²) in [6, 6.07) is 6.14. The van der Waals surface area contributed by atoms with Gasteiger partial charge < -0.3 is 15.4 Å². The summed E-state index contributed by atoms with van der Waals surface area (Å²) in [6.45, 7) is 0.995. The zero-order chi connectivity index (χ0) is 16.1. The molecule has 1 aliphatic heterocycles. The van der Waals surface area contributed by atoms with Crippen molar-refractivity contribution in [2.45, 2.75) is 31.4 Å². The molecule has 1 aliphatic rings. The molecular formula is C15H21N3O4. The van der Waals surface area contributed by atoms with E-state index in [-0.39, 0.29) is 30.2 Å². The largest absolute Gasteiger partial charge is 0.381 e. The average molecular weight is 307 g/mol. The molecule has 1 saturated heterocycles. The van der Waals surface area contributed by atoms with Crippen LogP contribution in [0.4, 0.5) is 5.69 Å². The van der Waals surface area contributed by atoms with E-state index in [1.165, 1.54) is 12.1 Å². The molecule has 2 rings (SSSR count). The fourth-order valence-electron chi connectivity index (χ4n) is 2.84. The maximum atomic E-state index is 12.5. The number of nitrogens with zero attached hydrogens (tertiary/aromatic N) is 2. The Kier molecular flexibility index (Phi) is 5.46. The molecule has 120 valence electrons. The van der Waals surface area contributed by atoms with Crippen molar-refractivity contribution in [1.29, 1.82) is 0 Å². The third kappa shape index (κ3) is 3.80. The average Bonchev–Trinajstić information content (AvgIpc) is 2.54. The number of non-ortho nitro benzene ring substituents is 1. The van der Waals surface area contributed by atoms with Gasteiger partial charge in [0.1, 0.15) is 0 Å². The van der Waals surface area contributed by atoms with Gasteiger partial charge in [0.05, 0.1) is 17.4 Å². The van der Waals surface area contributed by atoms with Crippen molar-refractivity contribution in [1.82, 2.24) is 4.90 Å². The summed E-state index contributed by atoms with van der Waals surface area (Å²) in [5.74, 6) is -0.0505. The normalized spacial score (nSPS) is 21.6. The second-order valence-electron chi connectivity index (χ2n) is 5.46. The van der Waals surface area contributed by atoms with Gasteiger partial charge in [-0.15, -0.1) is 0 Å². The van der Waals surface area contributed by atoms with Gasteiger partial charge in [-0.1, -0.05) is 12.1 Å². The summed E-state index contributed by atoms with van der Waals surface area (Å²) in [7, 11) is 1.67. The summed E-state index contributed by atoms with van der Waals surface area (Å²) in [6.07, 6.45) is 1.80. The van der Waals surface area contributed by atoms with Gasteiger partial charge in [0.15, 0.2) is 0 Å². The van der Waals surface area contributed by atoms with Crippen LogP contribution < -0.4 is 5.73 Å². The number of carbonyl (C=O) groups excluding carboxylic acids is 1. The number of benzene rings is 1. The summed E-state index contributed by atoms with van der Waals surface area (Å²) < 4.78 is 5.34. The standard InChI is InChI=1S/C15H21N3O4/c1-22-14-5-6-17(13(9-14)10-16)15(19)8-11-3-2-4-12(7-11)18(20)21/h2-4,7,13-14H,5-6,8-10,16H2,1H3. The maximum Gasteiger partial charge on any atom is 0.269 e. The number of hydrogen-bond acceptors (Lipinski definition) is 5. The van der Waals surface area contributed by atoms with Gasteiger partial charge in [-0.05, 0) is 18.4 Å². The number of piperidine rings is 1. The molecule has 2 atom stereocenters. The van der Waals surface area contributed by atoms with Crippen molar-refractivity contribution in [3.8, 4) is 0 Å². The Bertz CT molecular complexity index is 549. The molecule has 2 N–H and O–H groups in total. The van der Waals surface area contributed by atoms with Gasteiger partial charge in [0.25, 0.3) is 5.69 Å². The quantitative estimate of drug-likeness (QED) is 0.649. The topological polar surface area (TPSA) is 98.7 Å². The summed E-state index contributed by atoms with van der Waals surface area (Å²) >= 11 is 0. The van der Waals surface area contributed by atoms with Gasteiger partial charge >= 0.3 is 0 Å². The number of nitrogens with two attached hydrogens (primary N) is 1. The van der Waals surface area contributed by atoms with Crippen LogP contribution in [-0.4, -0.2) is 48.1 Å². The molecule has 0 radical (unpaired) electrons. The number of carbonyl (C=O) groups is 1. The molecular weight excluding hydrogens is 286 g/mol. The zero-order valence-corrected chi connectivity index (χ0v) is 12.6. The van der Waals surface area contributed by atoms with Crippen molar-refractivity contribution < 1.29 is 14.5 Å². The molecule has 1 heterocycles. The summed E-state index contributed by atoms with van der Waals surface area (Å²) in [5.41, 5.74) is 6.41. The molecule has 1 amide bonds. The molecule has 0 bridgehead atoms. The zero-order valence-electron chi connectivity index (χ0n) is 12.6. The molecule has 0 aromatic heterocycles. The van der Waals surface area contributed by atoms with Crippen molar-refractivity contribution in [3.63, 3.8) is 0 Å². The fraction of sp³-hybridized carbons (Fsp3) is 0.533. The first-order chi connectivity index (χ1) is 10.5. The molecule has 0 spiro atoms. The van der Waals surface area contributed by atoms with Crippen LogP contribution in [-0.2, 0) is 16.0 Å². The molecule has 7 heteroatoms. The third-order valence-electron chi connectivity index (χ3n) is 4.07. The van der Waals surface area contributed by atoms with E-state index < -0.39 is 4.92 Å². The molecule has 1 fully saturated rings. The molecule has 2 unspecified atom stereocenters. The van der Waals surface area contributed by atoms with Crippen molar-refractivity contribution in [2.24, 2.45) is 5.73 Å². The van der Waals surface area contributed by atoms with Gasteiger partial charge in [0.2, 0.25) is 5.91 Å². The molecule has 0 aliphatic carbocycles. The van der Waals surface area contributed by atoms with Gasteiger partial charge in [-0.3, -0.25) is 14.9 Å². The lowest BCUT2D eigenvalue weighted by Gasteiger charge is -2.38. The van der Waals surface area contributed by atoms with Crippen LogP contribution >= 0.6 is 0 Å². The molecule has 22 heavy (non-hydrogen) atoms. The Morgan fingerprint density at radius 3 is 2.95 bits per heavy atom. The number of rotatable bonds is 5. The highest BCUT2D eigenvalue weighted by Gasteiger charge is 2.30. The second-order valence-corrected chi connectivity index (χ2v) is 5.46. The second kappa shape index (κ2) is 7.33. The Balaban J connectivity index is 2.05. The lowest BCUT2D eigenvalue weighted by Crippen LogP contribution is -2.51. The van der Waals surface area contributed by atoms with Crippen LogP contribution in [0.5, 0.6) is 0 Å². The molecule has 1 aromatic carbocycles. The van der Waals surface area contributed by atoms with Gasteiger partial charge in [-0.25, -0.2) is 0 Å². The van der Waals surface area contributed by atoms with Crippen molar-refractivity contribution in [2.75, 3.05) is 20.2 Å². The number of amides is 1. The Morgan fingerprint density at radius 2 is 2.32 bits per heavy atom. The number of nitro groups is 1.